The number of halogens is 2. The van der Waals surface area contributed by atoms with Crippen LogP contribution in [0.4, 0.5) is 8.78 Å². The maximum absolute atomic E-state index is 14.4. The molecule has 0 radical (unpaired) electrons. The fraction of sp³-hybridized carbons (Fsp3) is 0.348. The zero-order valence-electron chi connectivity index (χ0n) is 17.2. The van der Waals surface area contributed by atoms with Gasteiger partial charge in [0.05, 0.1) is 30.7 Å². The zero-order valence-corrected chi connectivity index (χ0v) is 18.0. The summed E-state index contributed by atoms with van der Waals surface area (Å²) in [6.45, 7) is 3.16. The second-order valence-electron chi connectivity index (χ2n) is 7.38. The third-order valence-electron chi connectivity index (χ3n) is 5.46. The van der Waals surface area contributed by atoms with Crippen molar-refractivity contribution in [2.24, 2.45) is 0 Å². The summed E-state index contributed by atoms with van der Waals surface area (Å²) in [4.78, 5) is 15.8. The lowest BCUT2D eigenvalue weighted by Gasteiger charge is -2.35. The summed E-state index contributed by atoms with van der Waals surface area (Å²) in [6, 6.07) is 11.0. The van der Waals surface area contributed by atoms with Gasteiger partial charge < -0.3 is 14.8 Å². The van der Waals surface area contributed by atoms with Crippen molar-refractivity contribution in [2.45, 2.75) is 12.6 Å². The van der Waals surface area contributed by atoms with Crippen LogP contribution in [0.1, 0.15) is 26.8 Å². The van der Waals surface area contributed by atoms with Gasteiger partial charge in [-0.05, 0) is 29.8 Å². The van der Waals surface area contributed by atoms with Gasteiger partial charge in [0.2, 0.25) is 0 Å². The van der Waals surface area contributed by atoms with E-state index in [1.165, 1.54) is 36.6 Å². The summed E-state index contributed by atoms with van der Waals surface area (Å²) in [6.07, 6.45) is 0. The van der Waals surface area contributed by atoms with Crippen molar-refractivity contribution in [3.8, 4) is 0 Å². The van der Waals surface area contributed by atoms with Crippen LogP contribution >= 0.6 is 11.3 Å². The molecule has 8 heteroatoms. The van der Waals surface area contributed by atoms with E-state index >= 15 is 0 Å². The molecular weight excluding hydrogens is 422 g/mol. The Bertz CT molecular complexity index is 1050. The molecule has 1 amide bonds. The van der Waals surface area contributed by atoms with Crippen molar-refractivity contribution in [3.05, 3.63) is 70.1 Å². The highest BCUT2D eigenvalue weighted by atomic mass is 32.1. The van der Waals surface area contributed by atoms with Crippen LogP contribution < -0.4 is 5.32 Å². The number of amides is 1. The first kappa shape index (κ1) is 21.8. The molecule has 0 aliphatic carbocycles. The van der Waals surface area contributed by atoms with Gasteiger partial charge in [-0.3, -0.25) is 9.69 Å². The number of rotatable bonds is 7. The fourth-order valence-corrected chi connectivity index (χ4v) is 5.07. The summed E-state index contributed by atoms with van der Waals surface area (Å²) in [5.74, 6) is -0.935. The van der Waals surface area contributed by atoms with E-state index in [0.717, 1.165) is 18.7 Å². The van der Waals surface area contributed by atoms with E-state index in [9.17, 15) is 13.6 Å². The Labute approximate surface area is 183 Å². The number of hydrogen-bond acceptors (Lipinski definition) is 5. The number of fused-ring (bicyclic) bond motifs is 1. The van der Waals surface area contributed by atoms with Gasteiger partial charge in [-0.1, -0.05) is 18.2 Å². The van der Waals surface area contributed by atoms with Gasteiger partial charge in [-0.25, -0.2) is 8.78 Å². The van der Waals surface area contributed by atoms with Gasteiger partial charge in [-0.2, -0.15) is 0 Å². The quantitative estimate of drug-likeness (QED) is 0.593. The molecule has 5 nitrogen and oxygen atoms in total. The number of nitrogens with one attached hydrogen (secondary N) is 1. The van der Waals surface area contributed by atoms with Crippen LogP contribution in [0.3, 0.4) is 0 Å². The molecular formula is C23H24F2N2O3S. The van der Waals surface area contributed by atoms with E-state index in [4.69, 9.17) is 9.47 Å². The van der Waals surface area contributed by atoms with Crippen molar-refractivity contribution in [2.75, 3.05) is 40.0 Å². The molecule has 1 aromatic heterocycles. The molecule has 0 spiro atoms. The van der Waals surface area contributed by atoms with E-state index in [-0.39, 0.29) is 30.2 Å². The van der Waals surface area contributed by atoms with E-state index in [1.54, 1.807) is 24.3 Å². The van der Waals surface area contributed by atoms with E-state index in [2.05, 4.69) is 10.2 Å². The van der Waals surface area contributed by atoms with Crippen LogP contribution in [-0.2, 0) is 16.1 Å². The van der Waals surface area contributed by atoms with Crippen molar-refractivity contribution < 1.29 is 23.0 Å². The lowest BCUT2D eigenvalue weighted by Crippen LogP contribution is -2.43. The third kappa shape index (κ3) is 4.77. The highest BCUT2D eigenvalue weighted by Gasteiger charge is 2.25. The fourth-order valence-electron chi connectivity index (χ4n) is 3.93. The predicted molar refractivity (Wildman–Crippen MR) is 116 cm³/mol. The summed E-state index contributed by atoms with van der Waals surface area (Å²) < 4.78 is 39.3. The number of thiophene rings is 1. The van der Waals surface area contributed by atoms with Crippen LogP contribution in [0, 0.1) is 11.6 Å². The number of ether oxygens (including phenoxy) is 2. The molecule has 0 saturated carbocycles. The van der Waals surface area contributed by atoms with Gasteiger partial charge in [0.25, 0.3) is 5.91 Å². The van der Waals surface area contributed by atoms with Crippen LogP contribution in [0.15, 0.2) is 42.5 Å². The zero-order chi connectivity index (χ0) is 21.8. The highest BCUT2D eigenvalue weighted by molar-refractivity contribution is 7.21. The Hall–Kier alpha value is -2.39. The van der Waals surface area contributed by atoms with Crippen molar-refractivity contribution in [1.29, 1.82) is 0 Å². The summed E-state index contributed by atoms with van der Waals surface area (Å²) >= 11 is 1.26. The smallest absolute Gasteiger partial charge is 0.261 e. The molecule has 1 aliphatic rings. The monoisotopic (exact) mass is 446 g/mol. The van der Waals surface area contributed by atoms with Crippen molar-refractivity contribution >= 4 is 27.3 Å². The SMILES string of the molecule is COCc1c(C(=O)NCC(c2ccc(F)cc2)N2CCOCC2)sc2cccc(F)c12. The molecule has 1 unspecified atom stereocenters. The average Bonchev–Trinajstić information content (AvgIpc) is 3.16. The molecule has 164 valence electrons. The average molecular weight is 447 g/mol. The Morgan fingerprint density at radius 1 is 1.19 bits per heavy atom. The van der Waals surface area contributed by atoms with Crippen LogP contribution in [-0.4, -0.2) is 50.8 Å². The predicted octanol–water partition coefficient (Wildman–Crippen LogP) is 4.13. The Balaban J connectivity index is 1.58. The molecule has 4 rings (SSSR count). The number of methoxy groups -OCH3 is 1. The Kier molecular flexibility index (Phi) is 6.92. The number of nitrogens with zero attached hydrogens (tertiary/aromatic N) is 1. The van der Waals surface area contributed by atoms with Gasteiger partial charge in [-0.15, -0.1) is 11.3 Å². The third-order valence-corrected chi connectivity index (χ3v) is 6.65. The minimum Gasteiger partial charge on any atom is -0.380 e. The lowest BCUT2D eigenvalue weighted by molar-refractivity contribution is 0.0162. The summed E-state index contributed by atoms with van der Waals surface area (Å²) in [5.41, 5.74) is 1.48. The Morgan fingerprint density at radius 2 is 1.94 bits per heavy atom. The van der Waals surface area contributed by atoms with Crippen molar-refractivity contribution in [1.82, 2.24) is 10.2 Å². The summed E-state index contributed by atoms with van der Waals surface area (Å²) in [7, 11) is 1.52. The number of hydrogen-bond donors (Lipinski definition) is 1. The van der Waals surface area contributed by atoms with Crippen LogP contribution in [0.5, 0.6) is 0 Å². The molecule has 2 aromatic carbocycles. The Morgan fingerprint density at radius 3 is 2.65 bits per heavy atom. The molecule has 1 aliphatic heterocycles. The number of carbonyl (C=O) groups is 1. The second kappa shape index (κ2) is 9.82. The molecule has 31 heavy (non-hydrogen) atoms. The molecule has 1 fully saturated rings. The molecule has 3 aromatic rings. The van der Waals surface area contributed by atoms with E-state index in [0.29, 0.717) is 40.3 Å². The molecule has 2 heterocycles. The van der Waals surface area contributed by atoms with Gasteiger partial charge >= 0.3 is 0 Å². The largest absolute Gasteiger partial charge is 0.380 e. The summed E-state index contributed by atoms with van der Waals surface area (Å²) in [5, 5.41) is 3.44. The van der Waals surface area contributed by atoms with Crippen LogP contribution in [0.25, 0.3) is 10.1 Å². The normalized spacial score (nSPS) is 15.8. The minimum atomic E-state index is -0.364. The minimum absolute atomic E-state index is 0.120. The molecule has 1 saturated heterocycles. The van der Waals surface area contributed by atoms with Crippen LogP contribution in [0.2, 0.25) is 0 Å². The maximum atomic E-state index is 14.4. The number of benzene rings is 2. The highest BCUT2D eigenvalue weighted by Crippen LogP contribution is 2.34. The maximum Gasteiger partial charge on any atom is 0.261 e. The van der Waals surface area contributed by atoms with Gasteiger partial charge in [0.1, 0.15) is 11.6 Å². The van der Waals surface area contributed by atoms with E-state index in [1.807, 2.05) is 0 Å². The molecule has 1 N–H and O–H groups in total. The number of carbonyl (C=O) groups excluding carboxylic acids is 1. The van der Waals surface area contributed by atoms with Gasteiger partial charge in [0.15, 0.2) is 0 Å². The first-order chi connectivity index (χ1) is 15.1. The number of morpholine rings is 1. The molecule has 1 atom stereocenters. The first-order valence-electron chi connectivity index (χ1n) is 10.1. The van der Waals surface area contributed by atoms with E-state index < -0.39 is 0 Å². The topological polar surface area (TPSA) is 50.8 Å². The van der Waals surface area contributed by atoms with Crippen molar-refractivity contribution in [3.63, 3.8) is 0 Å². The standard InChI is InChI=1S/C23H24F2N2O3S/c1-29-14-17-21-18(25)3-2-4-20(21)31-22(17)23(28)26-13-19(27-9-11-30-12-10-27)15-5-7-16(24)8-6-15/h2-8,19H,9-14H2,1H3,(H,26,28). The lowest BCUT2D eigenvalue weighted by atomic mass is 10.0. The second-order valence-corrected chi connectivity index (χ2v) is 8.43. The molecule has 0 bridgehead atoms. The van der Waals surface area contributed by atoms with Gasteiger partial charge in [0, 0.05) is 42.4 Å². The first-order valence-corrected chi connectivity index (χ1v) is 10.9.